The van der Waals surface area contributed by atoms with E-state index in [4.69, 9.17) is 18.0 Å². The molecular formula is C12H11ClN2O3. The molecule has 0 fully saturated rings. The number of carbonyl (C=O) groups excluding carboxylic acids is 1. The van der Waals surface area contributed by atoms with Gasteiger partial charge in [0.1, 0.15) is 5.56 Å². The third kappa shape index (κ3) is 2.79. The Kier molecular flexibility index (Phi) is 4.69. The Hall–Kier alpha value is -2.06. The molecule has 0 atom stereocenters. The molecule has 1 aromatic rings. The van der Waals surface area contributed by atoms with Gasteiger partial charge in [0.2, 0.25) is 0 Å². The highest BCUT2D eigenvalue weighted by molar-refractivity contribution is 6.34. The molecule has 5 nitrogen and oxygen atoms in total. The van der Waals surface area contributed by atoms with Crippen molar-refractivity contribution in [3.8, 4) is 12.3 Å². The third-order valence-corrected chi connectivity index (χ3v) is 2.67. The average Bonchev–Trinajstić information content (AvgIpc) is 2.34. The van der Waals surface area contributed by atoms with Crippen LogP contribution in [0.15, 0.2) is 18.2 Å². The van der Waals surface area contributed by atoms with Crippen LogP contribution in [0.25, 0.3) is 0 Å². The van der Waals surface area contributed by atoms with Crippen LogP contribution in [0.2, 0.25) is 5.02 Å². The first-order chi connectivity index (χ1) is 8.52. The highest BCUT2D eigenvalue weighted by atomic mass is 35.5. The smallest absolute Gasteiger partial charge is 0.283 e. The van der Waals surface area contributed by atoms with Gasteiger partial charge in [-0.05, 0) is 13.0 Å². The van der Waals surface area contributed by atoms with Crippen molar-refractivity contribution in [3.63, 3.8) is 0 Å². The van der Waals surface area contributed by atoms with Gasteiger partial charge in [-0.3, -0.25) is 14.9 Å². The fourth-order valence-corrected chi connectivity index (χ4v) is 1.72. The van der Waals surface area contributed by atoms with Gasteiger partial charge in [-0.2, -0.15) is 0 Å². The van der Waals surface area contributed by atoms with Crippen LogP contribution >= 0.6 is 11.6 Å². The van der Waals surface area contributed by atoms with E-state index in [2.05, 4.69) is 5.92 Å². The number of carbonyl (C=O) groups is 1. The molecule has 0 bridgehead atoms. The van der Waals surface area contributed by atoms with Crippen LogP contribution in [0.3, 0.4) is 0 Å². The lowest BCUT2D eigenvalue weighted by atomic mass is 10.1. The molecule has 0 aliphatic heterocycles. The first-order valence-corrected chi connectivity index (χ1v) is 5.56. The van der Waals surface area contributed by atoms with Crippen LogP contribution in [-0.2, 0) is 0 Å². The highest BCUT2D eigenvalue weighted by Gasteiger charge is 2.26. The van der Waals surface area contributed by atoms with E-state index in [1.54, 1.807) is 6.92 Å². The van der Waals surface area contributed by atoms with Crippen molar-refractivity contribution in [3.05, 3.63) is 38.9 Å². The Bertz CT molecular complexity index is 523. The summed E-state index contributed by atoms with van der Waals surface area (Å²) in [7, 11) is 0. The van der Waals surface area contributed by atoms with Gasteiger partial charge in [0, 0.05) is 12.6 Å². The first kappa shape index (κ1) is 14.0. The zero-order valence-corrected chi connectivity index (χ0v) is 10.5. The van der Waals surface area contributed by atoms with E-state index >= 15 is 0 Å². The van der Waals surface area contributed by atoms with E-state index in [-0.39, 0.29) is 22.8 Å². The monoisotopic (exact) mass is 266 g/mol. The van der Waals surface area contributed by atoms with Crippen molar-refractivity contribution >= 4 is 23.2 Å². The van der Waals surface area contributed by atoms with Crippen LogP contribution in [-0.4, -0.2) is 28.8 Å². The molecule has 6 heteroatoms. The van der Waals surface area contributed by atoms with Crippen LogP contribution in [0.5, 0.6) is 0 Å². The van der Waals surface area contributed by atoms with Crippen molar-refractivity contribution in [1.82, 2.24) is 4.90 Å². The van der Waals surface area contributed by atoms with Gasteiger partial charge in [-0.15, -0.1) is 6.42 Å². The number of amides is 1. The molecular weight excluding hydrogens is 256 g/mol. The predicted molar refractivity (Wildman–Crippen MR) is 68.5 cm³/mol. The normalized spacial score (nSPS) is 9.61. The maximum atomic E-state index is 12.2. The fraction of sp³-hybridized carbons (Fsp3) is 0.250. The summed E-state index contributed by atoms with van der Waals surface area (Å²) in [5.41, 5.74) is -0.441. The van der Waals surface area contributed by atoms with E-state index in [9.17, 15) is 14.9 Å². The average molecular weight is 267 g/mol. The fourth-order valence-electron chi connectivity index (χ4n) is 1.47. The number of nitro benzene ring substituents is 1. The topological polar surface area (TPSA) is 63.5 Å². The molecule has 18 heavy (non-hydrogen) atoms. The molecule has 0 aromatic heterocycles. The van der Waals surface area contributed by atoms with Crippen molar-refractivity contribution in [1.29, 1.82) is 0 Å². The van der Waals surface area contributed by atoms with Crippen molar-refractivity contribution < 1.29 is 9.72 Å². The van der Waals surface area contributed by atoms with Crippen molar-refractivity contribution in [2.75, 3.05) is 13.1 Å². The first-order valence-electron chi connectivity index (χ1n) is 5.18. The lowest BCUT2D eigenvalue weighted by Gasteiger charge is -2.18. The second kappa shape index (κ2) is 6.03. The number of hydrogen-bond acceptors (Lipinski definition) is 3. The summed E-state index contributed by atoms with van der Waals surface area (Å²) in [6.07, 6.45) is 5.15. The number of hydrogen-bond donors (Lipinski definition) is 0. The number of rotatable bonds is 4. The van der Waals surface area contributed by atoms with Gasteiger partial charge >= 0.3 is 0 Å². The van der Waals surface area contributed by atoms with Gasteiger partial charge < -0.3 is 4.90 Å². The quantitative estimate of drug-likeness (QED) is 0.477. The van der Waals surface area contributed by atoms with Gasteiger partial charge in [-0.1, -0.05) is 23.6 Å². The molecule has 1 rings (SSSR count). The zero-order chi connectivity index (χ0) is 13.7. The van der Waals surface area contributed by atoms with Crippen LogP contribution in [0.4, 0.5) is 5.69 Å². The minimum Gasteiger partial charge on any atom is -0.328 e. The lowest BCUT2D eigenvalue weighted by molar-refractivity contribution is -0.385. The molecule has 0 spiro atoms. The third-order valence-electron chi connectivity index (χ3n) is 2.35. The second-order valence-electron chi connectivity index (χ2n) is 3.41. The zero-order valence-electron chi connectivity index (χ0n) is 9.72. The molecule has 0 aliphatic carbocycles. The Balaban J connectivity index is 3.28. The van der Waals surface area contributed by atoms with Crippen LogP contribution < -0.4 is 0 Å². The van der Waals surface area contributed by atoms with Gasteiger partial charge in [0.25, 0.3) is 11.6 Å². The summed E-state index contributed by atoms with van der Waals surface area (Å²) < 4.78 is 0. The standard InChI is InChI=1S/C12H11ClN2O3/c1-3-8-14(4-2)12(16)11-9(13)6-5-7-10(11)15(17)18/h1,5-7H,4,8H2,2H3. The molecule has 0 saturated carbocycles. The van der Waals surface area contributed by atoms with E-state index in [1.165, 1.54) is 23.1 Å². The number of nitro groups is 1. The Morgan fingerprint density at radius 3 is 2.78 bits per heavy atom. The van der Waals surface area contributed by atoms with E-state index in [0.29, 0.717) is 6.54 Å². The maximum absolute atomic E-state index is 12.2. The summed E-state index contributed by atoms with van der Waals surface area (Å²) in [5, 5.41) is 10.9. The molecule has 1 aromatic carbocycles. The summed E-state index contributed by atoms with van der Waals surface area (Å²) in [5.74, 6) is 1.80. The summed E-state index contributed by atoms with van der Waals surface area (Å²) in [4.78, 5) is 23.7. The minimum atomic E-state index is -0.636. The Morgan fingerprint density at radius 1 is 1.61 bits per heavy atom. The number of terminal acetylenes is 1. The largest absolute Gasteiger partial charge is 0.328 e. The molecule has 0 N–H and O–H groups in total. The van der Waals surface area contributed by atoms with E-state index in [0.717, 1.165) is 0 Å². The predicted octanol–water partition coefficient (Wildman–Crippen LogP) is 2.34. The maximum Gasteiger partial charge on any atom is 0.283 e. The second-order valence-corrected chi connectivity index (χ2v) is 3.82. The lowest BCUT2D eigenvalue weighted by Crippen LogP contribution is -2.31. The highest BCUT2D eigenvalue weighted by Crippen LogP contribution is 2.27. The van der Waals surface area contributed by atoms with E-state index < -0.39 is 10.8 Å². The molecule has 0 unspecified atom stereocenters. The molecule has 0 heterocycles. The Labute approximate surface area is 109 Å². The number of halogens is 1. The molecule has 0 radical (unpaired) electrons. The van der Waals surface area contributed by atoms with Gasteiger partial charge in [0.05, 0.1) is 16.5 Å². The van der Waals surface area contributed by atoms with E-state index in [1.807, 2.05) is 0 Å². The van der Waals surface area contributed by atoms with Crippen molar-refractivity contribution in [2.24, 2.45) is 0 Å². The Morgan fingerprint density at radius 2 is 2.28 bits per heavy atom. The van der Waals surface area contributed by atoms with Gasteiger partial charge in [-0.25, -0.2) is 0 Å². The molecule has 94 valence electrons. The molecule has 0 saturated heterocycles. The van der Waals surface area contributed by atoms with Crippen molar-refractivity contribution in [2.45, 2.75) is 6.92 Å². The number of nitrogens with zero attached hydrogens (tertiary/aromatic N) is 2. The molecule has 0 aliphatic rings. The summed E-state index contributed by atoms with van der Waals surface area (Å²) in [6.45, 7) is 2.17. The summed E-state index contributed by atoms with van der Waals surface area (Å²) >= 11 is 5.87. The summed E-state index contributed by atoms with van der Waals surface area (Å²) in [6, 6.07) is 4.10. The molecule has 1 amide bonds. The number of benzene rings is 1. The minimum absolute atomic E-state index is 0.0460. The van der Waals surface area contributed by atoms with Gasteiger partial charge in [0.15, 0.2) is 0 Å². The SMILES string of the molecule is C#CCN(CC)C(=O)c1c(Cl)cccc1[N+](=O)[O-]. The van der Waals surface area contributed by atoms with Crippen LogP contribution in [0, 0.1) is 22.5 Å². The van der Waals surface area contributed by atoms with Crippen LogP contribution in [0.1, 0.15) is 17.3 Å².